The first-order chi connectivity index (χ1) is 9.67. The number of ether oxygens (including phenoxy) is 2. The highest BCUT2D eigenvalue weighted by Gasteiger charge is 2.26. The zero-order valence-corrected chi connectivity index (χ0v) is 13.9. The van der Waals surface area contributed by atoms with E-state index in [1.165, 1.54) is 12.8 Å². The molecule has 4 nitrogen and oxygen atoms in total. The molecule has 1 heterocycles. The lowest BCUT2D eigenvalue weighted by molar-refractivity contribution is 0.0506. The van der Waals surface area contributed by atoms with E-state index in [4.69, 9.17) is 9.47 Å². The van der Waals surface area contributed by atoms with E-state index in [1.807, 2.05) is 0 Å². The molecule has 1 saturated heterocycles. The molecule has 1 aliphatic heterocycles. The van der Waals surface area contributed by atoms with E-state index in [1.54, 1.807) is 7.11 Å². The quantitative estimate of drug-likeness (QED) is 0.624. The summed E-state index contributed by atoms with van der Waals surface area (Å²) in [5, 5.41) is 3.67. The van der Waals surface area contributed by atoms with E-state index in [9.17, 15) is 0 Å². The average Bonchev–Trinajstić information content (AvgIpc) is 2.43. The Morgan fingerprint density at radius 1 is 1.25 bits per heavy atom. The van der Waals surface area contributed by atoms with Gasteiger partial charge in [0, 0.05) is 52.0 Å². The van der Waals surface area contributed by atoms with Crippen LogP contribution in [0.5, 0.6) is 0 Å². The number of methoxy groups -OCH3 is 1. The number of nitrogens with one attached hydrogen (secondary N) is 1. The van der Waals surface area contributed by atoms with Crippen molar-refractivity contribution in [2.75, 3.05) is 46.6 Å². The van der Waals surface area contributed by atoms with Gasteiger partial charge in [-0.15, -0.1) is 0 Å². The SMILES string of the molecule is CCC1CN(CCOCCCOC)C(CC(C)C)CN1. The number of piperazine rings is 1. The molecular formula is C16H34N2O2. The zero-order chi connectivity index (χ0) is 14.8. The standard InChI is InChI=1S/C16H34N2O2/c1-5-15-13-18(7-10-20-9-6-8-19-4)16(12-17-15)11-14(2)3/h14-17H,5-13H2,1-4H3. The fourth-order valence-corrected chi connectivity index (χ4v) is 2.84. The Morgan fingerprint density at radius 3 is 2.70 bits per heavy atom. The molecule has 120 valence electrons. The maximum Gasteiger partial charge on any atom is 0.0593 e. The first-order valence-electron chi connectivity index (χ1n) is 8.21. The second kappa shape index (κ2) is 10.6. The van der Waals surface area contributed by atoms with Crippen molar-refractivity contribution in [3.8, 4) is 0 Å². The molecule has 1 aliphatic rings. The molecule has 0 aromatic heterocycles. The Kier molecular flexibility index (Phi) is 9.44. The number of hydrogen-bond acceptors (Lipinski definition) is 4. The van der Waals surface area contributed by atoms with Crippen LogP contribution in [0.15, 0.2) is 0 Å². The van der Waals surface area contributed by atoms with Crippen molar-refractivity contribution >= 4 is 0 Å². The van der Waals surface area contributed by atoms with Crippen molar-refractivity contribution in [1.29, 1.82) is 0 Å². The fraction of sp³-hybridized carbons (Fsp3) is 1.00. The molecule has 4 heteroatoms. The van der Waals surface area contributed by atoms with Gasteiger partial charge in [0.1, 0.15) is 0 Å². The van der Waals surface area contributed by atoms with Gasteiger partial charge in [0.05, 0.1) is 6.61 Å². The highest BCUT2D eigenvalue weighted by molar-refractivity contribution is 4.86. The van der Waals surface area contributed by atoms with E-state index in [0.29, 0.717) is 12.1 Å². The van der Waals surface area contributed by atoms with Gasteiger partial charge in [-0.25, -0.2) is 0 Å². The van der Waals surface area contributed by atoms with Crippen molar-refractivity contribution < 1.29 is 9.47 Å². The Labute approximate surface area is 125 Å². The monoisotopic (exact) mass is 286 g/mol. The smallest absolute Gasteiger partial charge is 0.0593 e. The molecule has 0 amide bonds. The Bertz CT molecular complexity index is 237. The van der Waals surface area contributed by atoms with Crippen LogP contribution in [0.3, 0.4) is 0 Å². The van der Waals surface area contributed by atoms with Crippen LogP contribution in [0.25, 0.3) is 0 Å². The van der Waals surface area contributed by atoms with Gasteiger partial charge < -0.3 is 14.8 Å². The summed E-state index contributed by atoms with van der Waals surface area (Å²) in [7, 11) is 1.74. The van der Waals surface area contributed by atoms with Crippen LogP contribution >= 0.6 is 0 Å². The molecule has 0 aliphatic carbocycles. The van der Waals surface area contributed by atoms with Gasteiger partial charge in [-0.1, -0.05) is 20.8 Å². The Morgan fingerprint density at radius 2 is 2.05 bits per heavy atom. The molecule has 2 unspecified atom stereocenters. The maximum absolute atomic E-state index is 5.72. The van der Waals surface area contributed by atoms with Gasteiger partial charge in [-0.05, 0) is 25.2 Å². The second-order valence-electron chi connectivity index (χ2n) is 6.25. The minimum absolute atomic E-state index is 0.645. The lowest BCUT2D eigenvalue weighted by atomic mass is 9.98. The van der Waals surface area contributed by atoms with Gasteiger partial charge in [0.15, 0.2) is 0 Å². The van der Waals surface area contributed by atoms with Crippen molar-refractivity contribution in [2.45, 2.75) is 52.1 Å². The molecule has 0 aromatic carbocycles. The van der Waals surface area contributed by atoms with Crippen molar-refractivity contribution in [1.82, 2.24) is 10.2 Å². The molecule has 0 bridgehead atoms. The predicted molar refractivity (Wildman–Crippen MR) is 84.2 cm³/mol. The van der Waals surface area contributed by atoms with Crippen LogP contribution in [-0.4, -0.2) is 63.5 Å². The highest BCUT2D eigenvalue weighted by Crippen LogP contribution is 2.16. The van der Waals surface area contributed by atoms with Crippen molar-refractivity contribution in [3.63, 3.8) is 0 Å². The van der Waals surface area contributed by atoms with E-state index >= 15 is 0 Å². The molecule has 0 aromatic rings. The Hall–Kier alpha value is -0.160. The molecular weight excluding hydrogens is 252 g/mol. The first kappa shape index (κ1) is 17.9. The van der Waals surface area contributed by atoms with Crippen LogP contribution in [0.4, 0.5) is 0 Å². The predicted octanol–water partition coefficient (Wildman–Crippen LogP) is 2.14. The molecule has 20 heavy (non-hydrogen) atoms. The summed E-state index contributed by atoms with van der Waals surface area (Å²) >= 11 is 0. The largest absolute Gasteiger partial charge is 0.385 e. The fourth-order valence-electron chi connectivity index (χ4n) is 2.84. The molecule has 0 radical (unpaired) electrons. The topological polar surface area (TPSA) is 33.7 Å². The molecule has 0 spiro atoms. The third-order valence-electron chi connectivity index (χ3n) is 4.01. The van der Waals surface area contributed by atoms with E-state index in [-0.39, 0.29) is 0 Å². The zero-order valence-electron chi connectivity index (χ0n) is 13.9. The van der Waals surface area contributed by atoms with Gasteiger partial charge >= 0.3 is 0 Å². The lowest BCUT2D eigenvalue weighted by Gasteiger charge is -2.41. The molecule has 1 N–H and O–H groups in total. The summed E-state index contributed by atoms with van der Waals surface area (Å²) in [6.07, 6.45) is 3.47. The molecule has 0 saturated carbocycles. The van der Waals surface area contributed by atoms with Crippen LogP contribution in [0, 0.1) is 5.92 Å². The molecule has 1 fully saturated rings. The number of nitrogens with zero attached hydrogens (tertiary/aromatic N) is 1. The van der Waals surface area contributed by atoms with Crippen LogP contribution in [0.1, 0.15) is 40.0 Å². The van der Waals surface area contributed by atoms with Gasteiger partial charge in [0.25, 0.3) is 0 Å². The summed E-state index contributed by atoms with van der Waals surface area (Å²) in [5.74, 6) is 0.755. The Balaban J connectivity index is 2.28. The average molecular weight is 286 g/mol. The maximum atomic E-state index is 5.72. The molecule has 2 atom stereocenters. The summed E-state index contributed by atoms with van der Waals surface area (Å²) in [6, 6.07) is 1.31. The van der Waals surface area contributed by atoms with E-state index in [2.05, 4.69) is 31.0 Å². The minimum atomic E-state index is 0.645. The summed E-state index contributed by atoms with van der Waals surface area (Å²) in [6.45, 7) is 12.7. The van der Waals surface area contributed by atoms with Gasteiger partial charge in [-0.2, -0.15) is 0 Å². The highest BCUT2D eigenvalue weighted by atomic mass is 16.5. The first-order valence-corrected chi connectivity index (χ1v) is 8.21. The van der Waals surface area contributed by atoms with Gasteiger partial charge in [0.2, 0.25) is 0 Å². The minimum Gasteiger partial charge on any atom is -0.385 e. The summed E-state index contributed by atoms with van der Waals surface area (Å²) in [4.78, 5) is 2.63. The third kappa shape index (κ3) is 7.02. The lowest BCUT2D eigenvalue weighted by Crippen LogP contribution is -2.57. The van der Waals surface area contributed by atoms with E-state index in [0.717, 1.165) is 51.8 Å². The number of rotatable bonds is 10. The van der Waals surface area contributed by atoms with Gasteiger partial charge in [-0.3, -0.25) is 4.90 Å². The summed E-state index contributed by atoms with van der Waals surface area (Å²) in [5.41, 5.74) is 0. The van der Waals surface area contributed by atoms with Crippen LogP contribution in [-0.2, 0) is 9.47 Å². The second-order valence-corrected chi connectivity index (χ2v) is 6.25. The van der Waals surface area contributed by atoms with Crippen molar-refractivity contribution in [3.05, 3.63) is 0 Å². The molecule has 1 rings (SSSR count). The van der Waals surface area contributed by atoms with Crippen molar-refractivity contribution in [2.24, 2.45) is 5.92 Å². The summed E-state index contributed by atoms with van der Waals surface area (Å²) < 4.78 is 10.7. The normalized spacial score (nSPS) is 24.4. The third-order valence-corrected chi connectivity index (χ3v) is 4.01. The number of hydrogen-bond donors (Lipinski definition) is 1. The van der Waals surface area contributed by atoms with Crippen LogP contribution < -0.4 is 5.32 Å². The van der Waals surface area contributed by atoms with Crippen LogP contribution in [0.2, 0.25) is 0 Å². The van der Waals surface area contributed by atoms with E-state index < -0.39 is 0 Å².